The second-order valence-corrected chi connectivity index (χ2v) is 7.23. The molecular weight excluding hydrogens is 324 g/mol. The fourth-order valence-corrected chi connectivity index (χ4v) is 5.26. The molecule has 1 fully saturated rings. The van der Waals surface area contributed by atoms with Gasteiger partial charge < -0.3 is 10.5 Å². The maximum Gasteiger partial charge on any atom is 0.349 e. The van der Waals surface area contributed by atoms with Gasteiger partial charge in [-0.2, -0.15) is 4.31 Å². The summed E-state index contributed by atoms with van der Waals surface area (Å²) in [5.74, 6) is -0.625. The molecule has 2 N–H and O–H groups in total. The zero-order valence-corrected chi connectivity index (χ0v) is 13.6. The Morgan fingerprint density at radius 2 is 2.20 bits per heavy atom. The van der Waals surface area contributed by atoms with E-state index in [1.807, 2.05) is 0 Å². The molecular formula is C11H17ClN2O4S2. The van der Waals surface area contributed by atoms with Crippen LogP contribution in [0, 0.1) is 6.92 Å². The molecule has 0 spiro atoms. The Labute approximate surface area is 128 Å². The first-order valence-electron chi connectivity index (χ1n) is 5.80. The van der Waals surface area contributed by atoms with E-state index >= 15 is 0 Å². The summed E-state index contributed by atoms with van der Waals surface area (Å²) in [6.07, 6.45) is 0.635. The third-order valence-corrected chi connectivity index (χ3v) is 6.33. The molecule has 1 aromatic rings. The van der Waals surface area contributed by atoms with E-state index in [4.69, 9.17) is 5.73 Å². The van der Waals surface area contributed by atoms with E-state index in [0.717, 1.165) is 11.3 Å². The first-order valence-corrected chi connectivity index (χ1v) is 8.12. The quantitative estimate of drug-likeness (QED) is 0.829. The van der Waals surface area contributed by atoms with Crippen LogP contribution in [0.5, 0.6) is 0 Å². The minimum absolute atomic E-state index is 0. The zero-order chi connectivity index (χ0) is 14.2. The lowest BCUT2D eigenvalue weighted by atomic mass is 10.3. The van der Waals surface area contributed by atoms with Crippen LogP contribution in [-0.4, -0.2) is 44.9 Å². The Hall–Kier alpha value is -0.670. The molecule has 6 nitrogen and oxygen atoms in total. The van der Waals surface area contributed by atoms with E-state index in [-0.39, 0.29) is 34.8 Å². The highest BCUT2D eigenvalue weighted by Gasteiger charge is 2.36. The average Bonchev–Trinajstić information content (AvgIpc) is 2.95. The lowest BCUT2D eigenvalue weighted by molar-refractivity contribution is 0.0602. The summed E-state index contributed by atoms with van der Waals surface area (Å²) in [4.78, 5) is 11.8. The summed E-state index contributed by atoms with van der Waals surface area (Å²) < 4.78 is 31.1. The van der Waals surface area contributed by atoms with Crippen molar-refractivity contribution in [1.29, 1.82) is 0 Å². The number of hydrogen-bond acceptors (Lipinski definition) is 6. The second kappa shape index (κ2) is 6.40. The van der Waals surface area contributed by atoms with Gasteiger partial charge in [0.1, 0.15) is 9.77 Å². The SMILES string of the molecule is COC(=O)c1scc(C)c1S(=O)(=O)N1CCC(N)C1.Cl. The van der Waals surface area contributed by atoms with Crippen molar-refractivity contribution in [1.82, 2.24) is 4.31 Å². The van der Waals surface area contributed by atoms with Crippen molar-refractivity contribution in [2.24, 2.45) is 5.73 Å². The predicted molar refractivity (Wildman–Crippen MR) is 79.0 cm³/mol. The number of thiophene rings is 1. The molecule has 1 saturated heterocycles. The molecule has 2 heterocycles. The second-order valence-electron chi connectivity index (χ2n) is 4.48. The molecule has 1 aliphatic rings. The topological polar surface area (TPSA) is 89.7 Å². The van der Waals surface area contributed by atoms with Gasteiger partial charge in [0.05, 0.1) is 7.11 Å². The molecule has 0 radical (unpaired) electrons. The smallest absolute Gasteiger partial charge is 0.349 e. The van der Waals surface area contributed by atoms with Gasteiger partial charge in [0.25, 0.3) is 0 Å². The number of sulfonamides is 1. The van der Waals surface area contributed by atoms with Crippen LogP contribution in [0.25, 0.3) is 0 Å². The number of esters is 1. The molecule has 2 rings (SSSR count). The van der Waals surface area contributed by atoms with Gasteiger partial charge in [-0.25, -0.2) is 13.2 Å². The highest BCUT2D eigenvalue weighted by Crippen LogP contribution is 2.31. The molecule has 0 bridgehead atoms. The number of nitrogens with zero attached hydrogens (tertiary/aromatic N) is 1. The van der Waals surface area contributed by atoms with Crippen molar-refractivity contribution in [3.63, 3.8) is 0 Å². The number of carbonyl (C=O) groups excluding carboxylic acids is 1. The maximum atomic E-state index is 12.6. The van der Waals surface area contributed by atoms with Crippen LogP contribution in [0.3, 0.4) is 0 Å². The average molecular weight is 341 g/mol. The molecule has 0 saturated carbocycles. The third kappa shape index (κ3) is 2.99. The monoisotopic (exact) mass is 340 g/mol. The number of methoxy groups -OCH3 is 1. The van der Waals surface area contributed by atoms with Crippen LogP contribution in [0.15, 0.2) is 10.3 Å². The zero-order valence-electron chi connectivity index (χ0n) is 11.2. The van der Waals surface area contributed by atoms with Crippen LogP contribution in [-0.2, 0) is 14.8 Å². The molecule has 0 aromatic carbocycles. The van der Waals surface area contributed by atoms with Crippen LogP contribution >= 0.6 is 23.7 Å². The molecule has 1 aromatic heterocycles. The van der Waals surface area contributed by atoms with Crippen molar-refractivity contribution < 1.29 is 17.9 Å². The van der Waals surface area contributed by atoms with Crippen molar-refractivity contribution in [3.05, 3.63) is 15.8 Å². The first kappa shape index (κ1) is 17.4. The molecule has 1 unspecified atom stereocenters. The summed E-state index contributed by atoms with van der Waals surface area (Å²) in [6.45, 7) is 2.35. The predicted octanol–water partition coefficient (Wildman–Crippen LogP) is 0.987. The molecule has 9 heteroatoms. The maximum absolute atomic E-state index is 12.6. The van der Waals surface area contributed by atoms with Crippen LogP contribution < -0.4 is 5.73 Å². The number of nitrogens with two attached hydrogens (primary N) is 1. The van der Waals surface area contributed by atoms with Crippen LogP contribution in [0.2, 0.25) is 0 Å². The number of rotatable bonds is 3. The van der Waals surface area contributed by atoms with Crippen LogP contribution in [0.4, 0.5) is 0 Å². The van der Waals surface area contributed by atoms with Crippen molar-refractivity contribution >= 4 is 39.7 Å². The highest BCUT2D eigenvalue weighted by atomic mass is 35.5. The van der Waals surface area contributed by atoms with Gasteiger partial charge >= 0.3 is 5.97 Å². The summed E-state index contributed by atoms with van der Waals surface area (Å²) >= 11 is 1.08. The van der Waals surface area contributed by atoms with Crippen molar-refractivity contribution in [3.8, 4) is 0 Å². The molecule has 20 heavy (non-hydrogen) atoms. The fraction of sp³-hybridized carbons (Fsp3) is 0.545. The summed E-state index contributed by atoms with van der Waals surface area (Å²) in [5, 5.41) is 1.65. The van der Waals surface area contributed by atoms with Gasteiger partial charge in [0.15, 0.2) is 0 Å². The van der Waals surface area contributed by atoms with Gasteiger partial charge in [-0.1, -0.05) is 0 Å². The minimum Gasteiger partial charge on any atom is -0.465 e. The Bertz CT molecular complexity index is 600. The van der Waals surface area contributed by atoms with E-state index in [0.29, 0.717) is 18.5 Å². The minimum atomic E-state index is -3.68. The lowest BCUT2D eigenvalue weighted by Gasteiger charge is -2.16. The van der Waals surface area contributed by atoms with Crippen LogP contribution in [0.1, 0.15) is 21.7 Å². The Balaban J connectivity index is 0.00000200. The highest BCUT2D eigenvalue weighted by molar-refractivity contribution is 7.89. The fourth-order valence-electron chi connectivity index (χ4n) is 2.09. The summed E-state index contributed by atoms with van der Waals surface area (Å²) in [7, 11) is -2.45. The number of halogens is 1. The Kier molecular flexibility index (Phi) is 5.56. The first-order chi connectivity index (χ1) is 8.87. The standard InChI is InChI=1S/C11H16N2O4S2.ClH/c1-7-6-18-9(11(14)17-2)10(7)19(15,16)13-4-3-8(12)5-13;/h6,8H,3-5,12H2,1-2H3;1H. The van der Waals surface area contributed by atoms with Crippen molar-refractivity contribution in [2.45, 2.75) is 24.3 Å². The van der Waals surface area contributed by atoms with Gasteiger partial charge in [0.2, 0.25) is 10.0 Å². The van der Waals surface area contributed by atoms with Gasteiger partial charge in [0, 0.05) is 19.1 Å². The number of aryl methyl sites for hydroxylation is 1. The van der Waals surface area contributed by atoms with Crippen molar-refractivity contribution in [2.75, 3.05) is 20.2 Å². The molecule has 1 atom stereocenters. The van der Waals surface area contributed by atoms with E-state index in [1.165, 1.54) is 11.4 Å². The number of hydrogen-bond donors (Lipinski definition) is 1. The van der Waals surface area contributed by atoms with Gasteiger partial charge in [-0.3, -0.25) is 0 Å². The van der Waals surface area contributed by atoms with E-state index < -0.39 is 16.0 Å². The largest absolute Gasteiger partial charge is 0.465 e. The summed E-state index contributed by atoms with van der Waals surface area (Å²) in [6, 6.07) is -0.143. The number of carbonyl (C=O) groups is 1. The lowest BCUT2D eigenvalue weighted by Crippen LogP contribution is -2.32. The van der Waals surface area contributed by atoms with E-state index in [9.17, 15) is 13.2 Å². The molecule has 0 aliphatic carbocycles. The molecule has 114 valence electrons. The van der Waals surface area contributed by atoms with E-state index in [2.05, 4.69) is 4.74 Å². The normalized spacial score (nSPS) is 19.6. The Morgan fingerprint density at radius 3 is 2.70 bits per heavy atom. The molecule has 1 aliphatic heterocycles. The Morgan fingerprint density at radius 1 is 1.55 bits per heavy atom. The number of ether oxygens (including phenoxy) is 1. The third-order valence-electron chi connectivity index (χ3n) is 3.07. The van der Waals surface area contributed by atoms with E-state index in [1.54, 1.807) is 12.3 Å². The van der Waals surface area contributed by atoms with Gasteiger partial charge in [-0.15, -0.1) is 23.7 Å². The molecule has 0 amide bonds. The van der Waals surface area contributed by atoms with Gasteiger partial charge in [-0.05, 0) is 24.3 Å². The summed E-state index contributed by atoms with van der Waals surface area (Å²) in [5.41, 5.74) is 6.30.